The lowest BCUT2D eigenvalue weighted by molar-refractivity contribution is 0.137. The van der Waals surface area contributed by atoms with Crippen LogP contribution in [-0.2, 0) is 29.6 Å². The first kappa shape index (κ1) is 18.4. The number of aryl methyl sites for hydroxylation is 3. The number of rotatable bonds is 8. The Bertz CT molecular complexity index is 1040. The standard InChI is InChI=1S/C17H25N5O4/c1-5-26-10-8-21-15(23)13-14(19(3)17(21)24)18-16-20(7-6-9-25-4)12(2)11-22(13)16/h11H,5-10H2,1-4H3. The van der Waals surface area contributed by atoms with E-state index in [0.29, 0.717) is 36.8 Å². The van der Waals surface area contributed by atoms with Gasteiger partial charge in [0.05, 0.1) is 13.2 Å². The van der Waals surface area contributed by atoms with Crippen LogP contribution in [0.5, 0.6) is 0 Å². The molecule has 142 valence electrons. The Morgan fingerprint density at radius 2 is 1.92 bits per heavy atom. The molecule has 0 fully saturated rings. The predicted octanol–water partition coefficient (Wildman–Crippen LogP) is 0.531. The van der Waals surface area contributed by atoms with Crippen LogP contribution >= 0.6 is 0 Å². The molecule has 9 nitrogen and oxygen atoms in total. The molecule has 0 atom stereocenters. The number of ether oxygens (including phenoxy) is 2. The minimum absolute atomic E-state index is 0.218. The number of hydrogen-bond donors (Lipinski definition) is 0. The van der Waals surface area contributed by atoms with Crippen molar-refractivity contribution in [3.63, 3.8) is 0 Å². The first-order chi connectivity index (χ1) is 12.5. The molecule has 0 aliphatic carbocycles. The van der Waals surface area contributed by atoms with Crippen molar-refractivity contribution in [3.8, 4) is 0 Å². The zero-order chi connectivity index (χ0) is 18.8. The van der Waals surface area contributed by atoms with E-state index in [-0.39, 0.29) is 17.8 Å². The van der Waals surface area contributed by atoms with Gasteiger partial charge in [0.1, 0.15) is 0 Å². The van der Waals surface area contributed by atoms with E-state index in [2.05, 4.69) is 4.98 Å². The molecule has 3 aromatic rings. The monoisotopic (exact) mass is 363 g/mol. The first-order valence-corrected chi connectivity index (χ1v) is 8.75. The lowest BCUT2D eigenvalue weighted by Crippen LogP contribution is -2.40. The highest BCUT2D eigenvalue weighted by molar-refractivity contribution is 5.75. The van der Waals surface area contributed by atoms with Gasteiger partial charge in [0.15, 0.2) is 11.2 Å². The minimum atomic E-state index is -0.384. The van der Waals surface area contributed by atoms with Crippen LogP contribution in [0.2, 0.25) is 0 Å². The molecule has 26 heavy (non-hydrogen) atoms. The van der Waals surface area contributed by atoms with Crippen molar-refractivity contribution in [2.24, 2.45) is 7.05 Å². The van der Waals surface area contributed by atoms with Gasteiger partial charge >= 0.3 is 5.69 Å². The van der Waals surface area contributed by atoms with Crippen molar-refractivity contribution < 1.29 is 9.47 Å². The molecule has 3 aromatic heterocycles. The predicted molar refractivity (Wildman–Crippen MR) is 97.9 cm³/mol. The quantitative estimate of drug-likeness (QED) is 0.545. The van der Waals surface area contributed by atoms with Crippen LogP contribution in [-0.4, -0.2) is 50.0 Å². The van der Waals surface area contributed by atoms with Crippen molar-refractivity contribution in [2.75, 3.05) is 26.9 Å². The lowest BCUT2D eigenvalue weighted by atomic mass is 10.4. The Morgan fingerprint density at radius 1 is 1.15 bits per heavy atom. The molecule has 0 bridgehead atoms. The summed E-state index contributed by atoms with van der Waals surface area (Å²) in [5.74, 6) is 0.656. The van der Waals surface area contributed by atoms with Gasteiger partial charge in [-0.15, -0.1) is 0 Å². The lowest BCUT2D eigenvalue weighted by Gasteiger charge is -2.08. The van der Waals surface area contributed by atoms with Crippen LogP contribution in [0.15, 0.2) is 15.8 Å². The molecule has 0 amide bonds. The Kier molecular flexibility index (Phi) is 5.28. The summed E-state index contributed by atoms with van der Waals surface area (Å²) in [6, 6.07) is 0. The Labute approximate surface area is 150 Å². The average molecular weight is 363 g/mol. The van der Waals surface area contributed by atoms with Crippen LogP contribution in [0, 0.1) is 6.92 Å². The summed E-state index contributed by atoms with van der Waals surface area (Å²) in [4.78, 5) is 30.1. The van der Waals surface area contributed by atoms with Gasteiger partial charge in [0.2, 0.25) is 5.78 Å². The largest absolute Gasteiger partial charge is 0.385 e. The highest BCUT2D eigenvalue weighted by Gasteiger charge is 2.19. The van der Waals surface area contributed by atoms with E-state index in [1.807, 2.05) is 24.6 Å². The SMILES string of the molecule is CCOCCn1c(=O)c2c(nc3n(CCCOC)c(C)cn23)n(C)c1=O. The smallest absolute Gasteiger partial charge is 0.332 e. The third-order valence-corrected chi connectivity index (χ3v) is 4.53. The van der Waals surface area contributed by atoms with Gasteiger partial charge in [-0.1, -0.05) is 0 Å². The van der Waals surface area contributed by atoms with Gasteiger partial charge in [0.25, 0.3) is 5.56 Å². The van der Waals surface area contributed by atoms with E-state index < -0.39 is 0 Å². The van der Waals surface area contributed by atoms with Gasteiger partial charge in [-0.3, -0.25) is 18.3 Å². The summed E-state index contributed by atoms with van der Waals surface area (Å²) in [7, 11) is 3.30. The number of hydrogen-bond acceptors (Lipinski definition) is 5. The van der Waals surface area contributed by atoms with Crippen LogP contribution in [0.4, 0.5) is 0 Å². The van der Waals surface area contributed by atoms with E-state index in [4.69, 9.17) is 9.47 Å². The van der Waals surface area contributed by atoms with Crippen LogP contribution < -0.4 is 11.2 Å². The van der Waals surface area contributed by atoms with Crippen LogP contribution in [0.1, 0.15) is 19.0 Å². The zero-order valence-electron chi connectivity index (χ0n) is 15.7. The third kappa shape index (κ3) is 2.97. The molecule has 0 saturated heterocycles. The van der Waals surface area contributed by atoms with Crippen molar-refractivity contribution in [2.45, 2.75) is 33.4 Å². The molecule has 0 aliphatic heterocycles. The summed E-state index contributed by atoms with van der Waals surface area (Å²) in [6.07, 6.45) is 2.72. The maximum Gasteiger partial charge on any atom is 0.332 e. The van der Waals surface area contributed by atoms with Gasteiger partial charge in [0, 0.05) is 45.8 Å². The second-order valence-electron chi connectivity index (χ2n) is 6.22. The molecule has 0 radical (unpaired) electrons. The normalized spacial score (nSPS) is 11.8. The fraction of sp³-hybridized carbons (Fsp3) is 0.588. The molecule has 0 unspecified atom stereocenters. The van der Waals surface area contributed by atoms with Crippen molar-refractivity contribution >= 4 is 16.9 Å². The Balaban J connectivity index is 2.18. The van der Waals surface area contributed by atoms with E-state index in [1.54, 1.807) is 18.6 Å². The van der Waals surface area contributed by atoms with E-state index in [0.717, 1.165) is 18.7 Å². The molecule has 0 aromatic carbocycles. The first-order valence-electron chi connectivity index (χ1n) is 8.75. The summed E-state index contributed by atoms with van der Waals surface area (Å²) in [6.45, 7) is 6.30. The highest BCUT2D eigenvalue weighted by Crippen LogP contribution is 2.16. The summed E-state index contributed by atoms with van der Waals surface area (Å²) in [5.41, 5.74) is 1.07. The highest BCUT2D eigenvalue weighted by atomic mass is 16.5. The number of aromatic nitrogens is 5. The molecule has 0 aliphatic rings. The maximum atomic E-state index is 13.0. The summed E-state index contributed by atoms with van der Waals surface area (Å²) < 4.78 is 16.9. The zero-order valence-corrected chi connectivity index (χ0v) is 15.7. The van der Waals surface area contributed by atoms with Crippen LogP contribution in [0.3, 0.4) is 0 Å². The fourth-order valence-corrected chi connectivity index (χ4v) is 3.20. The van der Waals surface area contributed by atoms with Gasteiger partial charge < -0.3 is 14.0 Å². The van der Waals surface area contributed by atoms with E-state index in [9.17, 15) is 9.59 Å². The number of fused-ring (bicyclic) bond motifs is 3. The molecule has 0 saturated carbocycles. The summed E-state index contributed by atoms with van der Waals surface area (Å²) in [5, 5.41) is 0. The molecular weight excluding hydrogens is 338 g/mol. The third-order valence-electron chi connectivity index (χ3n) is 4.53. The molecule has 0 N–H and O–H groups in total. The molecule has 3 heterocycles. The Hall–Kier alpha value is -2.39. The topological polar surface area (TPSA) is 84.7 Å². The van der Waals surface area contributed by atoms with E-state index >= 15 is 0 Å². The minimum Gasteiger partial charge on any atom is -0.385 e. The van der Waals surface area contributed by atoms with Gasteiger partial charge in [-0.05, 0) is 20.3 Å². The number of methoxy groups -OCH3 is 1. The van der Waals surface area contributed by atoms with Crippen molar-refractivity contribution in [1.82, 2.24) is 23.1 Å². The van der Waals surface area contributed by atoms with Crippen LogP contribution in [0.25, 0.3) is 16.9 Å². The average Bonchev–Trinajstić information content (AvgIpc) is 3.12. The number of imidazole rings is 2. The molecule has 9 heteroatoms. The van der Waals surface area contributed by atoms with Gasteiger partial charge in [-0.2, -0.15) is 4.98 Å². The van der Waals surface area contributed by atoms with E-state index in [1.165, 1.54) is 9.13 Å². The molecule has 3 rings (SSSR count). The Morgan fingerprint density at radius 3 is 2.62 bits per heavy atom. The second kappa shape index (κ2) is 7.46. The van der Waals surface area contributed by atoms with Crippen molar-refractivity contribution in [3.05, 3.63) is 32.7 Å². The maximum absolute atomic E-state index is 13.0. The second-order valence-corrected chi connectivity index (χ2v) is 6.22. The van der Waals surface area contributed by atoms with Crippen molar-refractivity contribution in [1.29, 1.82) is 0 Å². The van der Waals surface area contributed by atoms with Gasteiger partial charge in [-0.25, -0.2) is 4.79 Å². The summed E-state index contributed by atoms with van der Waals surface area (Å²) >= 11 is 0. The fourth-order valence-electron chi connectivity index (χ4n) is 3.20. The molecule has 0 spiro atoms. The molecular formula is C17H25N5O4. The number of nitrogens with zero attached hydrogens (tertiary/aromatic N) is 5.